The third-order valence-corrected chi connectivity index (χ3v) is 6.99. The second-order valence-corrected chi connectivity index (χ2v) is 10.6. The summed E-state index contributed by atoms with van der Waals surface area (Å²) in [4.78, 5) is 24.6. The molecule has 3 aromatic rings. The van der Waals surface area contributed by atoms with Gasteiger partial charge in [-0.3, -0.25) is 4.79 Å². The zero-order valence-corrected chi connectivity index (χ0v) is 20.8. The fraction of sp³-hybridized carbons (Fsp3) is 0.455. The number of hydrogen-bond donors (Lipinski definition) is 1. The number of fused-ring (bicyclic) bond motifs is 1. The van der Waals surface area contributed by atoms with E-state index < -0.39 is 0 Å². The molecule has 1 amide bonds. The molecule has 0 radical (unpaired) electrons. The number of amides is 1. The number of thioether (sulfide) groups is 1. The Labute approximate surface area is 200 Å². The first kappa shape index (κ1) is 22.3. The number of carbonyl (C=O) groups is 1. The second kappa shape index (κ2) is 10.2. The van der Waals surface area contributed by atoms with Crippen LogP contribution in [0.4, 0.5) is 5.82 Å². The minimum Gasteiger partial charge on any atom is -0.356 e. The maximum absolute atomic E-state index is 12.5. The first-order valence-electron chi connectivity index (χ1n) is 10.7. The molecule has 0 aliphatic carbocycles. The predicted octanol–water partition coefficient (Wildman–Crippen LogP) is 4.35. The number of piperidine rings is 1. The number of nitrogens with one attached hydrogen (secondary N) is 1. The number of carbonyl (C=O) groups excluding carboxylic acids is 1. The first-order chi connectivity index (χ1) is 15.0. The maximum atomic E-state index is 12.5. The van der Waals surface area contributed by atoms with Crippen LogP contribution in [0.15, 0.2) is 35.6 Å². The van der Waals surface area contributed by atoms with Gasteiger partial charge in [0.15, 0.2) is 10.8 Å². The molecule has 0 unspecified atom stereocenters. The summed E-state index contributed by atoms with van der Waals surface area (Å²) in [5.74, 6) is 0.920. The van der Waals surface area contributed by atoms with Crippen LogP contribution >= 0.6 is 34.4 Å². The van der Waals surface area contributed by atoms with E-state index in [1.54, 1.807) is 11.8 Å². The van der Waals surface area contributed by atoms with Gasteiger partial charge < -0.3 is 10.2 Å². The molecule has 0 bridgehead atoms. The molecule has 9 heteroatoms. The van der Waals surface area contributed by atoms with Gasteiger partial charge in [0, 0.05) is 28.5 Å². The van der Waals surface area contributed by atoms with Crippen molar-refractivity contribution in [3.63, 3.8) is 0 Å². The molecule has 164 valence electrons. The number of rotatable bonds is 7. The maximum Gasteiger partial charge on any atom is 0.252 e. The Morgan fingerprint density at radius 1 is 1.19 bits per heavy atom. The molecule has 1 N–H and O–H groups in total. The quantitative estimate of drug-likeness (QED) is 0.268. The summed E-state index contributed by atoms with van der Waals surface area (Å²) in [5.41, 5.74) is 1.53. The lowest BCUT2D eigenvalue weighted by Gasteiger charge is -2.28. The van der Waals surface area contributed by atoms with E-state index in [4.69, 9.17) is 9.97 Å². The van der Waals surface area contributed by atoms with Gasteiger partial charge in [0.2, 0.25) is 0 Å². The minimum absolute atomic E-state index is 0.0684. The monoisotopic (exact) mass is 550 g/mol. The summed E-state index contributed by atoms with van der Waals surface area (Å²) in [6, 6.07) is 7.59. The van der Waals surface area contributed by atoms with E-state index in [0.29, 0.717) is 23.9 Å². The molecule has 1 saturated heterocycles. The number of halogens is 1. The molecule has 1 aromatic carbocycles. The Morgan fingerprint density at radius 3 is 2.71 bits per heavy atom. The van der Waals surface area contributed by atoms with Crippen LogP contribution in [-0.2, 0) is 6.54 Å². The van der Waals surface area contributed by atoms with Crippen LogP contribution in [0, 0.1) is 3.57 Å². The number of anilines is 1. The lowest BCUT2D eigenvalue weighted by Crippen LogP contribution is -2.30. The smallest absolute Gasteiger partial charge is 0.252 e. The number of aromatic nitrogens is 4. The van der Waals surface area contributed by atoms with Crippen LogP contribution in [0.2, 0.25) is 0 Å². The van der Waals surface area contributed by atoms with E-state index in [1.807, 2.05) is 35.1 Å². The molecule has 2 aromatic heterocycles. The number of nitrogens with zero attached hydrogens (tertiary/aromatic N) is 5. The average molecular weight is 550 g/mol. The van der Waals surface area contributed by atoms with Crippen molar-refractivity contribution in [3.05, 3.63) is 39.6 Å². The Hall–Kier alpha value is -1.88. The SMILES string of the molecule is CC(C)Sc1nc(N2CCCCC2)c2cnn(CCNC(=O)c3ccccc3I)c2n1. The first-order valence-corrected chi connectivity index (χ1v) is 12.7. The summed E-state index contributed by atoms with van der Waals surface area (Å²) in [6.45, 7) is 7.38. The summed E-state index contributed by atoms with van der Waals surface area (Å²) < 4.78 is 2.82. The molecular weight excluding hydrogens is 523 g/mol. The highest BCUT2D eigenvalue weighted by atomic mass is 127. The predicted molar refractivity (Wildman–Crippen MR) is 134 cm³/mol. The third kappa shape index (κ3) is 5.31. The van der Waals surface area contributed by atoms with Gasteiger partial charge in [-0.05, 0) is 54.0 Å². The summed E-state index contributed by atoms with van der Waals surface area (Å²) in [5, 5.41) is 9.76. The lowest BCUT2D eigenvalue weighted by atomic mass is 10.1. The molecular formula is C22H27IN6OS. The highest BCUT2D eigenvalue weighted by Gasteiger charge is 2.20. The fourth-order valence-corrected chi connectivity index (χ4v) is 5.04. The zero-order chi connectivity index (χ0) is 21.8. The van der Waals surface area contributed by atoms with Crippen molar-refractivity contribution < 1.29 is 4.79 Å². The van der Waals surface area contributed by atoms with E-state index in [-0.39, 0.29) is 5.91 Å². The number of hydrogen-bond acceptors (Lipinski definition) is 6. The molecule has 7 nitrogen and oxygen atoms in total. The van der Waals surface area contributed by atoms with Crippen molar-refractivity contribution in [3.8, 4) is 0 Å². The molecule has 1 fully saturated rings. The van der Waals surface area contributed by atoms with Crippen LogP contribution in [0.5, 0.6) is 0 Å². The molecule has 0 spiro atoms. The van der Waals surface area contributed by atoms with Gasteiger partial charge in [-0.2, -0.15) is 5.10 Å². The van der Waals surface area contributed by atoms with Crippen LogP contribution in [0.1, 0.15) is 43.5 Å². The van der Waals surface area contributed by atoms with Crippen LogP contribution in [0.25, 0.3) is 11.0 Å². The van der Waals surface area contributed by atoms with Crippen molar-refractivity contribution >= 4 is 57.1 Å². The van der Waals surface area contributed by atoms with Gasteiger partial charge in [0.25, 0.3) is 5.91 Å². The van der Waals surface area contributed by atoms with Gasteiger partial charge in [-0.25, -0.2) is 14.6 Å². The Bertz CT molecular complexity index is 1060. The van der Waals surface area contributed by atoms with E-state index in [2.05, 4.69) is 51.8 Å². The van der Waals surface area contributed by atoms with Crippen molar-refractivity contribution in [2.75, 3.05) is 24.5 Å². The van der Waals surface area contributed by atoms with Crippen LogP contribution in [0.3, 0.4) is 0 Å². The molecule has 1 aliphatic rings. The van der Waals surface area contributed by atoms with Gasteiger partial charge in [0.05, 0.1) is 23.7 Å². The van der Waals surface area contributed by atoms with E-state index in [0.717, 1.165) is 38.7 Å². The van der Waals surface area contributed by atoms with E-state index >= 15 is 0 Å². The van der Waals surface area contributed by atoms with Crippen molar-refractivity contribution in [1.82, 2.24) is 25.1 Å². The molecule has 4 rings (SSSR count). The van der Waals surface area contributed by atoms with E-state index in [1.165, 1.54) is 19.3 Å². The van der Waals surface area contributed by atoms with Crippen molar-refractivity contribution in [2.24, 2.45) is 0 Å². The van der Waals surface area contributed by atoms with Gasteiger partial charge in [-0.15, -0.1) is 0 Å². The van der Waals surface area contributed by atoms with Gasteiger partial charge in [-0.1, -0.05) is 37.7 Å². The summed E-state index contributed by atoms with van der Waals surface area (Å²) in [6.07, 6.45) is 5.52. The summed E-state index contributed by atoms with van der Waals surface area (Å²) in [7, 11) is 0. The Kier molecular flexibility index (Phi) is 7.31. The Morgan fingerprint density at radius 2 is 1.97 bits per heavy atom. The molecule has 0 atom stereocenters. The lowest BCUT2D eigenvalue weighted by molar-refractivity contribution is 0.0951. The molecule has 0 saturated carbocycles. The van der Waals surface area contributed by atoms with Crippen LogP contribution in [-0.4, -0.2) is 50.5 Å². The highest BCUT2D eigenvalue weighted by Crippen LogP contribution is 2.30. The average Bonchev–Trinajstić information content (AvgIpc) is 3.16. The standard InChI is InChI=1S/C22H27IN6OS/c1-15(2)31-22-26-19(28-11-6-3-7-12-28)17-14-25-29(20(17)27-22)13-10-24-21(30)16-8-4-5-9-18(16)23/h4-5,8-9,14-15H,3,6-7,10-13H2,1-2H3,(H,24,30). The minimum atomic E-state index is -0.0684. The normalized spacial score (nSPS) is 14.4. The van der Waals surface area contributed by atoms with Crippen molar-refractivity contribution in [2.45, 2.75) is 50.1 Å². The van der Waals surface area contributed by atoms with Crippen molar-refractivity contribution in [1.29, 1.82) is 0 Å². The zero-order valence-electron chi connectivity index (χ0n) is 17.8. The van der Waals surface area contributed by atoms with E-state index in [9.17, 15) is 4.79 Å². The van der Waals surface area contributed by atoms with Gasteiger partial charge >= 0.3 is 0 Å². The fourth-order valence-electron chi connectivity index (χ4n) is 3.71. The second-order valence-electron chi connectivity index (χ2n) is 7.88. The molecule has 3 heterocycles. The third-order valence-electron chi connectivity index (χ3n) is 5.18. The highest BCUT2D eigenvalue weighted by molar-refractivity contribution is 14.1. The van der Waals surface area contributed by atoms with Crippen LogP contribution < -0.4 is 10.2 Å². The summed E-state index contributed by atoms with van der Waals surface area (Å²) >= 11 is 3.86. The topological polar surface area (TPSA) is 75.9 Å². The van der Waals surface area contributed by atoms with Gasteiger partial charge in [0.1, 0.15) is 5.82 Å². The molecule has 31 heavy (non-hydrogen) atoms. The largest absolute Gasteiger partial charge is 0.356 e. The number of benzene rings is 1. The molecule has 1 aliphatic heterocycles. The Balaban J connectivity index is 1.55.